The van der Waals surface area contributed by atoms with Crippen LogP contribution in [0.3, 0.4) is 0 Å². The Morgan fingerprint density at radius 1 is 0.943 bits per heavy atom. The van der Waals surface area contributed by atoms with Gasteiger partial charge in [-0.2, -0.15) is 4.99 Å². The molecule has 0 aliphatic carbocycles. The Balaban J connectivity index is 1.55. The van der Waals surface area contributed by atoms with Crippen LogP contribution in [0.1, 0.15) is 10.6 Å². The highest BCUT2D eigenvalue weighted by Gasteiger charge is 2.16. The Kier molecular flexibility index (Phi) is 6.13. The van der Waals surface area contributed by atoms with Crippen LogP contribution >= 0.6 is 22.9 Å². The number of rotatable bonds is 5. The van der Waals surface area contributed by atoms with Crippen molar-refractivity contribution in [2.75, 3.05) is 0 Å². The fraction of sp³-hybridized carbons (Fsp3) is 0. The van der Waals surface area contributed by atoms with Crippen LogP contribution in [-0.2, 0) is 0 Å². The van der Waals surface area contributed by atoms with Crippen molar-refractivity contribution in [2.45, 2.75) is 0 Å². The molecule has 5 rings (SSSR count). The van der Waals surface area contributed by atoms with Gasteiger partial charge in [-0.05, 0) is 42.0 Å². The van der Waals surface area contributed by atoms with Crippen LogP contribution in [0.25, 0.3) is 28.3 Å². The third-order valence-corrected chi connectivity index (χ3v) is 6.30. The van der Waals surface area contributed by atoms with Gasteiger partial charge in [-0.3, -0.25) is 19.5 Å². The first-order valence-electron chi connectivity index (χ1n) is 10.5. The molecule has 0 saturated carbocycles. The molecule has 0 aliphatic rings. The van der Waals surface area contributed by atoms with Gasteiger partial charge in [0.1, 0.15) is 5.76 Å². The van der Waals surface area contributed by atoms with Gasteiger partial charge in [0, 0.05) is 33.8 Å². The highest BCUT2D eigenvalue weighted by Crippen LogP contribution is 2.27. The smallest absolute Gasteiger partial charge is 0.315 e. The number of carbonyl (C=O) groups is 1. The number of non-ortho nitro benzene ring substituents is 1. The number of nitro groups is 1. The molecule has 3 aromatic carbocycles. The van der Waals surface area contributed by atoms with Gasteiger partial charge in [0.15, 0.2) is 10.6 Å². The Morgan fingerprint density at radius 2 is 1.69 bits per heavy atom. The zero-order valence-corrected chi connectivity index (χ0v) is 19.6. The summed E-state index contributed by atoms with van der Waals surface area (Å²) in [6.07, 6.45) is 0. The van der Waals surface area contributed by atoms with E-state index in [-0.39, 0.29) is 11.4 Å². The summed E-state index contributed by atoms with van der Waals surface area (Å²) < 4.78 is 7.59. The highest BCUT2D eigenvalue weighted by molar-refractivity contribution is 7.07. The third-order valence-electron chi connectivity index (χ3n) is 5.22. The van der Waals surface area contributed by atoms with E-state index in [4.69, 9.17) is 16.0 Å². The minimum Gasteiger partial charge on any atom is -0.451 e. The van der Waals surface area contributed by atoms with Gasteiger partial charge in [0.25, 0.3) is 5.69 Å². The van der Waals surface area contributed by atoms with E-state index in [0.717, 1.165) is 16.9 Å². The number of halogens is 1. The van der Waals surface area contributed by atoms with Gasteiger partial charge < -0.3 is 4.42 Å². The molecule has 2 aromatic heterocycles. The van der Waals surface area contributed by atoms with E-state index in [1.165, 1.54) is 29.5 Å². The third kappa shape index (κ3) is 4.70. The van der Waals surface area contributed by atoms with E-state index in [9.17, 15) is 14.9 Å². The van der Waals surface area contributed by atoms with E-state index in [1.54, 1.807) is 30.3 Å². The molecular formula is C26H16ClN3O4S. The zero-order valence-electron chi connectivity index (χ0n) is 18.0. The van der Waals surface area contributed by atoms with Crippen molar-refractivity contribution in [3.63, 3.8) is 0 Å². The number of nitro benzene ring substituents is 1. The van der Waals surface area contributed by atoms with E-state index >= 15 is 0 Å². The van der Waals surface area contributed by atoms with Crippen LogP contribution in [0.15, 0.2) is 106 Å². The number of nitrogens with zero attached hydrogens (tertiary/aromatic N) is 3. The second kappa shape index (κ2) is 9.54. The minimum absolute atomic E-state index is 0.0313. The summed E-state index contributed by atoms with van der Waals surface area (Å²) in [5.41, 5.74) is 3.09. The lowest BCUT2D eigenvalue weighted by molar-refractivity contribution is -0.384. The molecule has 35 heavy (non-hydrogen) atoms. The summed E-state index contributed by atoms with van der Waals surface area (Å²) in [6.45, 7) is 0. The molecule has 0 atom stereocenters. The molecule has 9 heteroatoms. The second-order valence-electron chi connectivity index (χ2n) is 7.47. The molecule has 2 heterocycles. The summed E-state index contributed by atoms with van der Waals surface area (Å²) in [5, 5.41) is 13.6. The van der Waals surface area contributed by atoms with Gasteiger partial charge in [0.2, 0.25) is 0 Å². The lowest BCUT2D eigenvalue weighted by Gasteiger charge is -2.09. The maximum Gasteiger partial charge on any atom is 0.315 e. The molecule has 0 spiro atoms. The number of thiazole rings is 1. The quantitative estimate of drug-likeness (QED) is 0.196. The van der Waals surface area contributed by atoms with Gasteiger partial charge in [0.05, 0.1) is 10.6 Å². The lowest BCUT2D eigenvalue weighted by Crippen LogP contribution is -2.16. The standard InChI is InChI=1S/C26H16ClN3O4S/c27-19-9-11-20(12-10-19)29-22(17-5-2-1-3-6-17)16-35-26(29)28-25(31)24-14-13-23(34-24)18-7-4-8-21(15-18)30(32)33/h1-16H. The monoisotopic (exact) mass is 501 g/mol. The maximum absolute atomic E-state index is 13.0. The number of hydrogen-bond donors (Lipinski definition) is 0. The average Bonchev–Trinajstić information content (AvgIpc) is 3.53. The van der Waals surface area contributed by atoms with Crippen molar-refractivity contribution in [1.29, 1.82) is 0 Å². The Bertz CT molecular complexity index is 1600. The van der Waals surface area contributed by atoms with Crippen LogP contribution in [-0.4, -0.2) is 15.4 Å². The lowest BCUT2D eigenvalue weighted by atomic mass is 10.1. The zero-order chi connectivity index (χ0) is 24.4. The Hall–Kier alpha value is -4.27. The van der Waals surface area contributed by atoms with Crippen LogP contribution < -0.4 is 4.80 Å². The van der Waals surface area contributed by atoms with Gasteiger partial charge in [-0.25, -0.2) is 0 Å². The number of furan rings is 1. The van der Waals surface area contributed by atoms with Crippen molar-refractivity contribution >= 4 is 34.5 Å². The summed E-state index contributed by atoms with van der Waals surface area (Å²) >= 11 is 7.41. The van der Waals surface area contributed by atoms with Crippen LogP contribution in [0.4, 0.5) is 5.69 Å². The predicted octanol–water partition coefficient (Wildman–Crippen LogP) is 6.77. The van der Waals surface area contributed by atoms with Crippen LogP contribution in [0.2, 0.25) is 5.02 Å². The second-order valence-corrected chi connectivity index (χ2v) is 8.74. The Morgan fingerprint density at radius 3 is 2.43 bits per heavy atom. The van der Waals surface area contributed by atoms with Gasteiger partial charge in [-0.15, -0.1) is 11.3 Å². The summed E-state index contributed by atoms with van der Waals surface area (Å²) in [7, 11) is 0. The number of aromatic nitrogens is 1. The Labute approximate surface area is 208 Å². The summed E-state index contributed by atoms with van der Waals surface area (Å²) in [5.74, 6) is -0.191. The molecule has 7 nitrogen and oxygen atoms in total. The number of hydrogen-bond acceptors (Lipinski definition) is 5. The fourth-order valence-electron chi connectivity index (χ4n) is 3.56. The minimum atomic E-state index is -0.564. The molecule has 0 unspecified atom stereocenters. The largest absolute Gasteiger partial charge is 0.451 e. The molecular weight excluding hydrogens is 486 g/mol. The predicted molar refractivity (Wildman–Crippen MR) is 135 cm³/mol. The van der Waals surface area contributed by atoms with Gasteiger partial charge >= 0.3 is 5.91 Å². The summed E-state index contributed by atoms with van der Waals surface area (Å²) in [6, 6.07) is 26.2. The average molecular weight is 502 g/mol. The molecule has 5 aromatic rings. The molecule has 0 aliphatic heterocycles. The number of amides is 1. The molecule has 0 fully saturated rings. The van der Waals surface area contributed by atoms with Crippen molar-refractivity contribution in [3.8, 4) is 28.3 Å². The molecule has 0 saturated heterocycles. The highest BCUT2D eigenvalue weighted by atomic mass is 35.5. The molecule has 0 bridgehead atoms. The fourth-order valence-corrected chi connectivity index (χ4v) is 4.59. The normalized spacial score (nSPS) is 11.5. The molecule has 0 N–H and O–H groups in total. The first-order chi connectivity index (χ1) is 17.0. The number of benzene rings is 3. The molecule has 172 valence electrons. The van der Waals surface area contributed by atoms with Crippen molar-refractivity contribution in [2.24, 2.45) is 4.99 Å². The van der Waals surface area contributed by atoms with E-state index < -0.39 is 10.8 Å². The van der Waals surface area contributed by atoms with E-state index in [2.05, 4.69) is 4.99 Å². The van der Waals surface area contributed by atoms with Crippen molar-refractivity contribution in [3.05, 3.63) is 122 Å². The van der Waals surface area contributed by atoms with Crippen molar-refractivity contribution < 1.29 is 14.1 Å². The first-order valence-corrected chi connectivity index (χ1v) is 11.7. The van der Waals surface area contributed by atoms with Crippen LogP contribution in [0.5, 0.6) is 0 Å². The number of carbonyl (C=O) groups excluding carboxylic acids is 1. The van der Waals surface area contributed by atoms with Gasteiger partial charge in [-0.1, -0.05) is 54.1 Å². The topological polar surface area (TPSA) is 90.6 Å². The SMILES string of the molecule is O=C(N=c1scc(-c2ccccc2)n1-c1ccc(Cl)cc1)c1ccc(-c2cccc([N+](=O)[O-])c2)o1. The van der Waals surface area contributed by atoms with E-state index in [0.29, 0.717) is 21.1 Å². The van der Waals surface area contributed by atoms with E-state index in [1.807, 2.05) is 52.4 Å². The summed E-state index contributed by atoms with van der Waals surface area (Å²) in [4.78, 5) is 28.4. The maximum atomic E-state index is 13.0. The van der Waals surface area contributed by atoms with Crippen LogP contribution in [0, 0.1) is 10.1 Å². The molecule has 0 radical (unpaired) electrons. The first kappa shape index (κ1) is 22.5. The molecule has 1 amide bonds. The van der Waals surface area contributed by atoms with Crippen molar-refractivity contribution in [1.82, 2.24) is 4.57 Å².